The molecule has 0 aromatic heterocycles. The second-order valence-electron chi connectivity index (χ2n) is 8.15. The summed E-state index contributed by atoms with van der Waals surface area (Å²) in [6.07, 6.45) is 2.36. The third-order valence-corrected chi connectivity index (χ3v) is 6.26. The zero-order valence-corrected chi connectivity index (χ0v) is 16.7. The van der Waals surface area contributed by atoms with E-state index in [1.54, 1.807) is 0 Å². The average molecular weight is 384 g/mol. The van der Waals surface area contributed by atoms with Crippen LogP contribution in [0.5, 0.6) is 5.75 Å². The predicted molar refractivity (Wildman–Crippen MR) is 110 cm³/mol. The van der Waals surface area contributed by atoms with E-state index in [9.17, 15) is 4.39 Å². The summed E-state index contributed by atoms with van der Waals surface area (Å²) in [5.74, 6) is 1.22. The van der Waals surface area contributed by atoms with Crippen LogP contribution in [0.15, 0.2) is 42.5 Å². The standard InChI is InChI=1S/C23H30FN3O/c1-16-4-3-5-19(12-16)20-14-25-26-23(20)18-8-10-27(11-9-18)15-17-6-7-21(24)22(13-17)28-2/h3-7,12-13,18,20,23,25-26H,8-11,14-15H2,1-2H3. The number of benzene rings is 2. The van der Waals surface area contributed by atoms with E-state index in [0.29, 0.717) is 23.6 Å². The lowest BCUT2D eigenvalue weighted by Gasteiger charge is -2.36. The molecule has 2 N–H and O–H groups in total. The summed E-state index contributed by atoms with van der Waals surface area (Å²) >= 11 is 0. The van der Waals surface area contributed by atoms with Crippen LogP contribution in [0.1, 0.15) is 35.4 Å². The number of aryl methyl sites for hydroxylation is 1. The molecule has 0 amide bonds. The Hall–Kier alpha value is -1.95. The van der Waals surface area contributed by atoms with Crippen LogP contribution in [-0.2, 0) is 6.54 Å². The molecule has 2 unspecified atom stereocenters. The van der Waals surface area contributed by atoms with Crippen LogP contribution in [0.3, 0.4) is 0 Å². The van der Waals surface area contributed by atoms with Crippen molar-refractivity contribution >= 4 is 0 Å². The molecule has 0 saturated carbocycles. The summed E-state index contributed by atoms with van der Waals surface area (Å²) < 4.78 is 18.7. The second kappa shape index (κ2) is 8.60. The number of nitrogens with zero attached hydrogens (tertiary/aromatic N) is 1. The maximum absolute atomic E-state index is 13.6. The molecule has 2 atom stereocenters. The number of hydrogen-bond acceptors (Lipinski definition) is 4. The highest BCUT2D eigenvalue weighted by Crippen LogP contribution is 2.33. The Bertz CT molecular complexity index is 804. The summed E-state index contributed by atoms with van der Waals surface area (Å²) in [6, 6.07) is 14.6. The van der Waals surface area contributed by atoms with Crippen LogP contribution < -0.4 is 15.6 Å². The third kappa shape index (κ3) is 4.22. The minimum atomic E-state index is -0.299. The van der Waals surface area contributed by atoms with Crippen molar-refractivity contribution in [1.82, 2.24) is 15.8 Å². The minimum Gasteiger partial charge on any atom is -0.494 e. The van der Waals surface area contributed by atoms with Crippen LogP contribution in [0.25, 0.3) is 0 Å². The lowest BCUT2D eigenvalue weighted by atomic mass is 9.80. The summed E-state index contributed by atoms with van der Waals surface area (Å²) in [5.41, 5.74) is 10.8. The fraction of sp³-hybridized carbons (Fsp3) is 0.478. The van der Waals surface area contributed by atoms with E-state index < -0.39 is 0 Å². The summed E-state index contributed by atoms with van der Waals surface area (Å²) in [6.45, 7) is 6.15. The Morgan fingerprint density at radius 3 is 2.71 bits per heavy atom. The number of ether oxygens (including phenoxy) is 1. The number of methoxy groups -OCH3 is 1. The van der Waals surface area contributed by atoms with Gasteiger partial charge < -0.3 is 4.74 Å². The van der Waals surface area contributed by atoms with E-state index in [1.807, 2.05) is 12.1 Å². The highest BCUT2D eigenvalue weighted by atomic mass is 19.1. The van der Waals surface area contributed by atoms with Crippen molar-refractivity contribution in [3.05, 3.63) is 65.0 Å². The Labute approximate surface area is 167 Å². The Morgan fingerprint density at radius 1 is 1.14 bits per heavy atom. The molecule has 2 aromatic carbocycles. The largest absolute Gasteiger partial charge is 0.494 e. The van der Waals surface area contributed by atoms with Crippen molar-refractivity contribution in [2.24, 2.45) is 5.92 Å². The Morgan fingerprint density at radius 2 is 1.96 bits per heavy atom. The summed E-state index contributed by atoms with van der Waals surface area (Å²) in [5, 5.41) is 0. The van der Waals surface area contributed by atoms with Crippen LogP contribution in [0, 0.1) is 18.7 Å². The van der Waals surface area contributed by atoms with E-state index in [1.165, 1.54) is 37.1 Å². The zero-order chi connectivity index (χ0) is 19.5. The van der Waals surface area contributed by atoms with Gasteiger partial charge in [0.05, 0.1) is 7.11 Å². The number of likely N-dealkylation sites (tertiary alicyclic amines) is 1. The fourth-order valence-electron chi connectivity index (χ4n) is 4.72. The van der Waals surface area contributed by atoms with Gasteiger partial charge in [-0.2, -0.15) is 0 Å². The van der Waals surface area contributed by atoms with Gasteiger partial charge in [-0.1, -0.05) is 35.9 Å². The van der Waals surface area contributed by atoms with Crippen molar-refractivity contribution in [3.63, 3.8) is 0 Å². The van der Waals surface area contributed by atoms with Gasteiger partial charge in [0.2, 0.25) is 0 Å². The molecular formula is C23H30FN3O. The number of hydrogen-bond donors (Lipinski definition) is 2. The normalized spacial score (nSPS) is 23.8. The Balaban J connectivity index is 1.36. The molecular weight excluding hydrogens is 353 g/mol. The Kier molecular flexibility index (Phi) is 5.95. The van der Waals surface area contributed by atoms with E-state index >= 15 is 0 Å². The van der Waals surface area contributed by atoms with Crippen LogP contribution in [-0.4, -0.2) is 37.7 Å². The second-order valence-corrected chi connectivity index (χ2v) is 8.15. The number of rotatable bonds is 5. The van der Waals surface area contributed by atoms with Gasteiger partial charge in [-0.25, -0.2) is 4.39 Å². The van der Waals surface area contributed by atoms with Crippen LogP contribution in [0.4, 0.5) is 4.39 Å². The van der Waals surface area contributed by atoms with Gasteiger partial charge in [0, 0.05) is 25.0 Å². The van der Waals surface area contributed by atoms with Crippen molar-refractivity contribution in [2.45, 2.75) is 38.3 Å². The maximum atomic E-state index is 13.6. The molecule has 150 valence electrons. The quantitative estimate of drug-likeness (QED) is 0.827. The predicted octanol–water partition coefficient (Wildman–Crippen LogP) is 3.61. The van der Waals surface area contributed by atoms with Crippen LogP contribution in [0.2, 0.25) is 0 Å². The lowest BCUT2D eigenvalue weighted by Crippen LogP contribution is -2.44. The molecule has 2 fully saturated rings. The minimum absolute atomic E-state index is 0.299. The molecule has 5 heteroatoms. The first-order valence-electron chi connectivity index (χ1n) is 10.2. The highest BCUT2D eigenvalue weighted by Gasteiger charge is 2.36. The first kappa shape index (κ1) is 19.4. The molecule has 2 aliphatic heterocycles. The van der Waals surface area contributed by atoms with Crippen molar-refractivity contribution in [3.8, 4) is 5.75 Å². The van der Waals surface area contributed by atoms with Gasteiger partial charge in [-0.15, -0.1) is 0 Å². The van der Waals surface area contributed by atoms with Crippen LogP contribution >= 0.6 is 0 Å². The van der Waals surface area contributed by atoms with Gasteiger partial charge in [0.1, 0.15) is 0 Å². The number of hydrazine groups is 1. The number of piperidine rings is 1. The van der Waals surface area contributed by atoms with Gasteiger partial charge in [0.15, 0.2) is 11.6 Å². The van der Waals surface area contributed by atoms with Gasteiger partial charge in [-0.3, -0.25) is 15.8 Å². The van der Waals surface area contributed by atoms with Crippen molar-refractivity contribution in [2.75, 3.05) is 26.7 Å². The molecule has 2 saturated heterocycles. The van der Waals surface area contributed by atoms with E-state index in [4.69, 9.17) is 4.74 Å². The maximum Gasteiger partial charge on any atom is 0.165 e. The highest BCUT2D eigenvalue weighted by molar-refractivity contribution is 5.30. The molecule has 4 rings (SSSR count). The molecule has 0 aliphatic carbocycles. The third-order valence-electron chi connectivity index (χ3n) is 6.26. The van der Waals surface area contributed by atoms with E-state index in [-0.39, 0.29) is 5.82 Å². The first-order chi connectivity index (χ1) is 13.6. The van der Waals surface area contributed by atoms with E-state index in [2.05, 4.69) is 46.9 Å². The number of halogens is 1. The molecule has 2 aromatic rings. The summed E-state index contributed by atoms with van der Waals surface area (Å²) in [7, 11) is 1.51. The fourth-order valence-corrected chi connectivity index (χ4v) is 4.72. The SMILES string of the molecule is COc1cc(CN2CCC(C3NNCC3c3cccc(C)c3)CC2)ccc1F. The molecule has 0 bridgehead atoms. The van der Waals surface area contributed by atoms with Gasteiger partial charge >= 0.3 is 0 Å². The van der Waals surface area contributed by atoms with Gasteiger partial charge in [-0.05, 0) is 62.0 Å². The van der Waals surface area contributed by atoms with Crippen molar-refractivity contribution < 1.29 is 9.13 Å². The topological polar surface area (TPSA) is 36.5 Å². The lowest BCUT2D eigenvalue weighted by molar-refractivity contribution is 0.151. The number of nitrogens with one attached hydrogen (secondary N) is 2. The molecule has 2 aliphatic rings. The summed E-state index contributed by atoms with van der Waals surface area (Å²) in [4.78, 5) is 2.47. The smallest absolute Gasteiger partial charge is 0.165 e. The van der Waals surface area contributed by atoms with E-state index in [0.717, 1.165) is 31.7 Å². The van der Waals surface area contributed by atoms with Gasteiger partial charge in [0.25, 0.3) is 0 Å². The molecule has 28 heavy (non-hydrogen) atoms. The molecule has 0 spiro atoms. The molecule has 0 radical (unpaired) electrons. The first-order valence-corrected chi connectivity index (χ1v) is 10.2. The average Bonchev–Trinajstić information content (AvgIpc) is 3.20. The molecule has 2 heterocycles. The van der Waals surface area contributed by atoms with Crippen molar-refractivity contribution in [1.29, 1.82) is 0 Å². The monoisotopic (exact) mass is 383 g/mol. The molecule has 4 nitrogen and oxygen atoms in total. The zero-order valence-electron chi connectivity index (χ0n) is 16.7.